The minimum atomic E-state index is -0.865. The van der Waals surface area contributed by atoms with E-state index in [2.05, 4.69) is 5.32 Å². The van der Waals surface area contributed by atoms with Gasteiger partial charge in [-0.1, -0.05) is 32.1 Å². The van der Waals surface area contributed by atoms with Crippen LogP contribution in [-0.2, 0) is 9.59 Å². The summed E-state index contributed by atoms with van der Waals surface area (Å²) in [6.07, 6.45) is 5.06. The molecule has 1 unspecified atom stereocenters. The summed E-state index contributed by atoms with van der Waals surface area (Å²) in [5.41, 5.74) is 0. The third kappa shape index (κ3) is 2.09. The molecule has 3 atom stereocenters. The number of hydrogen-bond donors (Lipinski definition) is 1. The van der Waals surface area contributed by atoms with Crippen LogP contribution in [-0.4, -0.2) is 11.8 Å². The maximum atomic E-state index is 11.7. The van der Waals surface area contributed by atoms with E-state index in [-0.39, 0.29) is 5.92 Å². The molecule has 0 bridgehead atoms. The van der Waals surface area contributed by atoms with Gasteiger partial charge in [0.25, 0.3) is 0 Å². The highest BCUT2D eigenvalue weighted by molar-refractivity contribution is 6.02. The summed E-state index contributed by atoms with van der Waals surface area (Å²) in [6, 6.07) is 3.94. The molecule has 0 aromatic rings. The van der Waals surface area contributed by atoms with E-state index in [9.17, 15) is 9.59 Å². The zero-order chi connectivity index (χ0) is 13.1. The predicted molar refractivity (Wildman–Crippen MR) is 61.4 cm³/mol. The highest BCUT2D eigenvalue weighted by atomic mass is 16.2. The summed E-state index contributed by atoms with van der Waals surface area (Å²) in [5, 5.41) is 20.4. The summed E-state index contributed by atoms with van der Waals surface area (Å²) in [5.74, 6) is -3.09. The van der Waals surface area contributed by atoms with Crippen molar-refractivity contribution in [3.63, 3.8) is 0 Å². The highest BCUT2D eigenvalue weighted by Crippen LogP contribution is 2.40. The van der Waals surface area contributed by atoms with Gasteiger partial charge in [0.2, 0.25) is 11.8 Å². The van der Waals surface area contributed by atoms with Gasteiger partial charge in [0, 0.05) is 5.92 Å². The minimum Gasteiger partial charge on any atom is -0.294 e. The molecule has 1 saturated heterocycles. The number of amides is 2. The molecule has 1 saturated carbocycles. The van der Waals surface area contributed by atoms with E-state index in [1.165, 1.54) is 0 Å². The third-order valence-electron chi connectivity index (χ3n) is 4.05. The van der Waals surface area contributed by atoms with Gasteiger partial charge in [-0.05, 0) is 5.92 Å². The molecule has 1 heterocycles. The number of piperidine rings is 1. The van der Waals surface area contributed by atoms with Crippen molar-refractivity contribution < 1.29 is 9.59 Å². The lowest BCUT2D eigenvalue weighted by Crippen LogP contribution is -2.53. The molecule has 0 radical (unpaired) electrons. The fraction of sp³-hybridized carbons (Fsp3) is 0.692. The van der Waals surface area contributed by atoms with Crippen LogP contribution in [0.1, 0.15) is 32.1 Å². The Labute approximate surface area is 106 Å². The van der Waals surface area contributed by atoms with Gasteiger partial charge in [-0.15, -0.1) is 0 Å². The lowest BCUT2D eigenvalue weighted by Gasteiger charge is -2.37. The van der Waals surface area contributed by atoms with E-state index in [1.807, 2.05) is 12.1 Å². The van der Waals surface area contributed by atoms with Gasteiger partial charge in [0.15, 0.2) is 0 Å². The van der Waals surface area contributed by atoms with Gasteiger partial charge in [-0.3, -0.25) is 14.9 Å². The van der Waals surface area contributed by atoms with E-state index in [4.69, 9.17) is 10.5 Å². The first-order valence-corrected chi connectivity index (χ1v) is 6.33. The lowest BCUT2D eigenvalue weighted by molar-refractivity contribution is -0.141. The van der Waals surface area contributed by atoms with E-state index >= 15 is 0 Å². The topological polar surface area (TPSA) is 93.8 Å². The molecule has 1 aliphatic heterocycles. The van der Waals surface area contributed by atoms with Crippen molar-refractivity contribution in [3.05, 3.63) is 0 Å². The summed E-state index contributed by atoms with van der Waals surface area (Å²) >= 11 is 0. The smallest absolute Gasteiger partial charge is 0.244 e. The van der Waals surface area contributed by atoms with E-state index < -0.39 is 29.6 Å². The first kappa shape index (κ1) is 12.6. The molecule has 18 heavy (non-hydrogen) atoms. The normalized spacial score (nSPS) is 33.3. The zero-order valence-corrected chi connectivity index (χ0v) is 10.1. The molecule has 1 aliphatic carbocycles. The Morgan fingerprint density at radius 2 is 1.44 bits per heavy atom. The second-order valence-corrected chi connectivity index (χ2v) is 5.04. The molecule has 5 heteroatoms. The van der Waals surface area contributed by atoms with Crippen molar-refractivity contribution in [2.24, 2.45) is 23.7 Å². The Kier molecular flexibility index (Phi) is 3.62. The van der Waals surface area contributed by atoms with Crippen LogP contribution in [0.2, 0.25) is 0 Å². The predicted octanol–water partition coefficient (Wildman–Crippen LogP) is 1.12. The number of carbonyl (C=O) groups is 2. The Morgan fingerprint density at radius 1 is 0.944 bits per heavy atom. The molecular formula is C13H15N3O2. The van der Waals surface area contributed by atoms with Gasteiger partial charge in [0.05, 0.1) is 12.1 Å². The van der Waals surface area contributed by atoms with E-state index in [0.29, 0.717) is 0 Å². The molecule has 1 N–H and O–H groups in total. The van der Waals surface area contributed by atoms with Gasteiger partial charge < -0.3 is 0 Å². The fourth-order valence-corrected chi connectivity index (χ4v) is 3.17. The number of carbonyl (C=O) groups excluding carboxylic acids is 2. The average molecular weight is 245 g/mol. The van der Waals surface area contributed by atoms with Gasteiger partial charge >= 0.3 is 0 Å². The van der Waals surface area contributed by atoms with Crippen molar-refractivity contribution in [1.29, 1.82) is 10.5 Å². The van der Waals surface area contributed by atoms with Crippen molar-refractivity contribution in [2.45, 2.75) is 32.1 Å². The van der Waals surface area contributed by atoms with Crippen LogP contribution in [0.25, 0.3) is 0 Å². The average Bonchev–Trinajstić information content (AvgIpc) is 2.39. The number of nitrogens with zero attached hydrogens (tertiary/aromatic N) is 2. The second kappa shape index (κ2) is 5.18. The van der Waals surface area contributed by atoms with Crippen LogP contribution in [0, 0.1) is 46.3 Å². The zero-order valence-electron chi connectivity index (χ0n) is 10.1. The molecule has 2 rings (SSSR count). The SMILES string of the molecule is N#C[C@@H]1C(=O)NC(=O)[C@H](C#N)C1C1CCCCC1. The minimum absolute atomic E-state index is 0.142. The maximum absolute atomic E-state index is 11.7. The Hall–Kier alpha value is -1.88. The first-order valence-electron chi connectivity index (χ1n) is 6.33. The first-order chi connectivity index (χ1) is 8.69. The number of hydrogen-bond acceptors (Lipinski definition) is 4. The number of nitriles is 2. The molecule has 0 aromatic carbocycles. The molecule has 0 spiro atoms. The van der Waals surface area contributed by atoms with Gasteiger partial charge in [-0.2, -0.15) is 10.5 Å². The molecular weight excluding hydrogens is 230 g/mol. The second-order valence-electron chi connectivity index (χ2n) is 5.04. The maximum Gasteiger partial charge on any atom is 0.244 e. The van der Waals surface area contributed by atoms with Crippen LogP contribution >= 0.6 is 0 Å². The van der Waals surface area contributed by atoms with Crippen LogP contribution in [0.15, 0.2) is 0 Å². The van der Waals surface area contributed by atoms with Crippen LogP contribution in [0.5, 0.6) is 0 Å². The van der Waals surface area contributed by atoms with E-state index in [0.717, 1.165) is 32.1 Å². The van der Waals surface area contributed by atoms with Gasteiger partial charge in [0.1, 0.15) is 11.8 Å². The van der Waals surface area contributed by atoms with Crippen molar-refractivity contribution in [3.8, 4) is 12.1 Å². The molecule has 5 nitrogen and oxygen atoms in total. The summed E-state index contributed by atoms with van der Waals surface area (Å²) in [7, 11) is 0. The van der Waals surface area contributed by atoms with Crippen LogP contribution < -0.4 is 5.32 Å². The van der Waals surface area contributed by atoms with Crippen LogP contribution in [0.3, 0.4) is 0 Å². The summed E-state index contributed by atoms with van der Waals surface area (Å²) in [6.45, 7) is 0. The van der Waals surface area contributed by atoms with Crippen LogP contribution in [0.4, 0.5) is 0 Å². The van der Waals surface area contributed by atoms with E-state index in [1.54, 1.807) is 0 Å². The summed E-state index contributed by atoms with van der Waals surface area (Å²) in [4.78, 5) is 23.4. The Bertz CT molecular complexity index is 408. The summed E-state index contributed by atoms with van der Waals surface area (Å²) < 4.78 is 0. The van der Waals surface area contributed by atoms with Crippen molar-refractivity contribution in [2.75, 3.05) is 0 Å². The molecule has 2 aliphatic rings. The Balaban J connectivity index is 2.29. The standard InChI is InChI=1S/C13H15N3O2/c14-6-9-11(8-4-2-1-3-5-8)10(7-15)13(18)16-12(9)17/h8-11H,1-5H2,(H,16,17,18)/t9-,10+,11?. The molecule has 0 aromatic heterocycles. The number of imide groups is 1. The molecule has 2 amide bonds. The largest absolute Gasteiger partial charge is 0.294 e. The molecule has 94 valence electrons. The monoisotopic (exact) mass is 245 g/mol. The third-order valence-corrected chi connectivity index (χ3v) is 4.05. The quantitative estimate of drug-likeness (QED) is 0.700. The van der Waals surface area contributed by atoms with Crippen molar-refractivity contribution in [1.82, 2.24) is 5.32 Å². The number of nitrogens with one attached hydrogen (secondary N) is 1. The fourth-order valence-electron chi connectivity index (χ4n) is 3.17. The lowest BCUT2D eigenvalue weighted by atomic mass is 9.67. The highest BCUT2D eigenvalue weighted by Gasteiger charge is 2.47. The molecule has 2 fully saturated rings. The number of rotatable bonds is 1. The Morgan fingerprint density at radius 3 is 1.89 bits per heavy atom. The van der Waals surface area contributed by atoms with Crippen molar-refractivity contribution >= 4 is 11.8 Å². The van der Waals surface area contributed by atoms with Gasteiger partial charge in [-0.25, -0.2) is 0 Å².